The van der Waals surface area contributed by atoms with Crippen LogP contribution in [-0.4, -0.2) is 8.75 Å². The molecule has 0 aliphatic heterocycles. The maximum atomic E-state index is 5.03. The quantitative estimate of drug-likeness (QED) is 0.122. The highest BCUT2D eigenvalue weighted by molar-refractivity contribution is 7.00. The number of para-hydroxylation sites is 2. The van der Waals surface area contributed by atoms with E-state index in [0.29, 0.717) is 0 Å². The van der Waals surface area contributed by atoms with Crippen molar-refractivity contribution in [3.63, 3.8) is 0 Å². The molecule has 0 aliphatic rings. The summed E-state index contributed by atoms with van der Waals surface area (Å²) in [5, 5.41) is 0. The van der Waals surface area contributed by atoms with Crippen LogP contribution in [0.25, 0.3) is 11.0 Å². The van der Waals surface area contributed by atoms with E-state index in [0.717, 1.165) is 79.3 Å². The van der Waals surface area contributed by atoms with Gasteiger partial charge >= 0.3 is 0 Å². The van der Waals surface area contributed by atoms with Crippen molar-refractivity contribution in [2.45, 2.75) is 27.7 Å². The standard InChI is InChI=1S/C58H48N6S/c1-41-15-11-23-51(37-41)61(52-24-12-16-42(2)38-52)47-27-31-49(32-28-47)63(45-19-7-5-8-20-45)55-35-36-56(58-57(55)59-65-60-58)64(46-21-9-6-10-22-46)50-33-29-48(30-34-50)62(53-25-13-17-43(3)39-53)54-26-14-18-44(4)40-54/h5-40H,1-4H3. The molecule has 9 aromatic carbocycles. The fourth-order valence-corrected chi connectivity index (χ4v) is 9.24. The van der Waals surface area contributed by atoms with Gasteiger partial charge in [-0.3, -0.25) is 0 Å². The number of hydrogen-bond acceptors (Lipinski definition) is 7. The van der Waals surface area contributed by atoms with E-state index in [1.54, 1.807) is 0 Å². The van der Waals surface area contributed by atoms with Gasteiger partial charge in [-0.2, -0.15) is 8.75 Å². The Bertz CT molecular complexity index is 2910. The summed E-state index contributed by atoms with van der Waals surface area (Å²) in [4.78, 5) is 9.21. The average Bonchev–Trinajstić information content (AvgIpc) is 3.83. The van der Waals surface area contributed by atoms with Crippen molar-refractivity contribution in [2.75, 3.05) is 19.6 Å². The fourth-order valence-electron chi connectivity index (χ4n) is 8.67. The van der Waals surface area contributed by atoms with Crippen molar-refractivity contribution < 1.29 is 0 Å². The molecule has 0 aliphatic carbocycles. The van der Waals surface area contributed by atoms with Crippen LogP contribution in [0.4, 0.5) is 68.2 Å². The van der Waals surface area contributed by atoms with E-state index in [1.165, 1.54) is 34.0 Å². The molecule has 0 unspecified atom stereocenters. The predicted octanol–water partition coefficient (Wildman–Crippen LogP) is 16.8. The highest BCUT2D eigenvalue weighted by Crippen LogP contribution is 2.46. The summed E-state index contributed by atoms with van der Waals surface area (Å²) in [6, 6.07) is 77.7. The lowest BCUT2D eigenvalue weighted by atomic mass is 10.1. The number of anilines is 12. The van der Waals surface area contributed by atoms with Crippen LogP contribution in [0.2, 0.25) is 0 Å². The van der Waals surface area contributed by atoms with Crippen LogP contribution < -0.4 is 19.6 Å². The Kier molecular flexibility index (Phi) is 11.4. The third-order valence-corrected chi connectivity index (χ3v) is 12.2. The summed E-state index contributed by atoms with van der Waals surface area (Å²) < 4.78 is 10.1. The van der Waals surface area contributed by atoms with Crippen LogP contribution >= 0.6 is 11.7 Å². The minimum atomic E-state index is 0.823. The Morgan fingerprint density at radius 3 is 0.815 bits per heavy atom. The molecule has 10 aromatic rings. The molecule has 7 heteroatoms. The molecule has 0 spiro atoms. The minimum absolute atomic E-state index is 0.823. The third kappa shape index (κ3) is 8.45. The maximum absolute atomic E-state index is 5.03. The smallest absolute Gasteiger partial charge is 0.130 e. The fraction of sp³-hybridized carbons (Fsp3) is 0.0690. The van der Waals surface area contributed by atoms with E-state index < -0.39 is 0 Å². The summed E-state index contributed by atoms with van der Waals surface area (Å²) in [5.41, 5.74) is 19.0. The largest absolute Gasteiger partial charge is 0.310 e. The molecule has 0 N–H and O–H groups in total. The third-order valence-electron chi connectivity index (χ3n) is 11.7. The van der Waals surface area contributed by atoms with Gasteiger partial charge in [0, 0.05) is 56.9 Å². The van der Waals surface area contributed by atoms with Crippen molar-refractivity contribution in [1.29, 1.82) is 0 Å². The van der Waals surface area contributed by atoms with Gasteiger partial charge in [-0.1, -0.05) is 84.9 Å². The average molecular weight is 861 g/mol. The molecular weight excluding hydrogens is 813 g/mol. The van der Waals surface area contributed by atoms with Crippen molar-refractivity contribution >= 4 is 91.0 Å². The normalized spacial score (nSPS) is 11.1. The molecule has 65 heavy (non-hydrogen) atoms. The van der Waals surface area contributed by atoms with Crippen LogP contribution in [0, 0.1) is 27.7 Å². The molecule has 10 rings (SSSR count). The molecule has 0 atom stereocenters. The first-order chi connectivity index (χ1) is 31.9. The van der Waals surface area contributed by atoms with E-state index >= 15 is 0 Å². The van der Waals surface area contributed by atoms with Gasteiger partial charge in [0.1, 0.15) is 11.0 Å². The van der Waals surface area contributed by atoms with Gasteiger partial charge in [0.25, 0.3) is 0 Å². The first kappa shape index (κ1) is 41.0. The zero-order valence-electron chi connectivity index (χ0n) is 36.9. The highest BCUT2D eigenvalue weighted by atomic mass is 32.1. The molecule has 1 aromatic heterocycles. The van der Waals surface area contributed by atoms with Crippen molar-refractivity contribution in [2.24, 2.45) is 0 Å². The molecule has 0 amide bonds. The zero-order valence-corrected chi connectivity index (χ0v) is 37.7. The maximum Gasteiger partial charge on any atom is 0.130 e. The summed E-state index contributed by atoms with van der Waals surface area (Å²) in [5.74, 6) is 0. The first-order valence-corrected chi connectivity index (χ1v) is 22.6. The molecule has 6 nitrogen and oxygen atoms in total. The van der Waals surface area contributed by atoms with E-state index in [4.69, 9.17) is 8.75 Å². The Balaban J connectivity index is 1.06. The van der Waals surface area contributed by atoms with Gasteiger partial charge in [0.05, 0.1) is 23.1 Å². The van der Waals surface area contributed by atoms with Gasteiger partial charge in [0.2, 0.25) is 0 Å². The van der Waals surface area contributed by atoms with E-state index in [-0.39, 0.29) is 0 Å². The van der Waals surface area contributed by atoms with Gasteiger partial charge in [-0.25, -0.2) is 0 Å². The van der Waals surface area contributed by atoms with Crippen LogP contribution in [-0.2, 0) is 0 Å². The molecular formula is C58H48N6S. The Morgan fingerprint density at radius 1 is 0.262 bits per heavy atom. The first-order valence-electron chi connectivity index (χ1n) is 21.9. The predicted molar refractivity (Wildman–Crippen MR) is 275 cm³/mol. The van der Waals surface area contributed by atoms with Crippen LogP contribution in [0.1, 0.15) is 22.3 Å². The second kappa shape index (κ2) is 18.0. The van der Waals surface area contributed by atoms with Crippen molar-refractivity contribution in [1.82, 2.24) is 8.75 Å². The molecule has 0 radical (unpaired) electrons. The van der Waals surface area contributed by atoms with Gasteiger partial charge < -0.3 is 19.6 Å². The second-order valence-corrected chi connectivity index (χ2v) is 17.0. The molecule has 1 heterocycles. The number of nitrogens with zero attached hydrogens (tertiary/aromatic N) is 6. The monoisotopic (exact) mass is 860 g/mol. The topological polar surface area (TPSA) is 38.7 Å². The lowest BCUT2D eigenvalue weighted by Gasteiger charge is -2.30. The molecule has 0 saturated heterocycles. The van der Waals surface area contributed by atoms with Crippen molar-refractivity contribution in [3.8, 4) is 0 Å². The van der Waals surface area contributed by atoms with Gasteiger partial charge in [-0.05, 0) is 183 Å². The summed E-state index contributed by atoms with van der Waals surface area (Å²) >= 11 is 1.24. The van der Waals surface area contributed by atoms with Crippen LogP contribution in [0.5, 0.6) is 0 Å². The lowest BCUT2D eigenvalue weighted by Crippen LogP contribution is -2.14. The van der Waals surface area contributed by atoms with Gasteiger partial charge in [-0.15, -0.1) is 0 Å². The summed E-state index contributed by atoms with van der Waals surface area (Å²) in [7, 11) is 0. The van der Waals surface area contributed by atoms with Gasteiger partial charge in [0.15, 0.2) is 0 Å². The number of benzene rings is 9. The molecule has 0 saturated carbocycles. The molecule has 0 bridgehead atoms. The summed E-state index contributed by atoms with van der Waals surface area (Å²) in [6.07, 6.45) is 0. The number of fused-ring (bicyclic) bond motifs is 1. The SMILES string of the molecule is Cc1cccc(N(c2ccc(N(c3ccccc3)c3ccc(N(c4ccccc4)c4ccc(N(c5cccc(C)c5)c5cccc(C)c5)cc4)c4nsnc34)cc2)c2cccc(C)c2)c1. The zero-order chi connectivity index (χ0) is 44.3. The highest BCUT2D eigenvalue weighted by Gasteiger charge is 2.24. The number of hydrogen-bond donors (Lipinski definition) is 0. The number of rotatable bonds is 12. The minimum Gasteiger partial charge on any atom is -0.310 e. The number of aromatic nitrogens is 2. The van der Waals surface area contributed by atoms with E-state index in [9.17, 15) is 0 Å². The molecule has 0 fully saturated rings. The van der Waals surface area contributed by atoms with Crippen LogP contribution in [0.15, 0.2) is 218 Å². The Hall–Kier alpha value is -8.00. The number of aryl methyl sites for hydroxylation is 4. The van der Waals surface area contributed by atoms with E-state index in [1.807, 2.05) is 0 Å². The second-order valence-electron chi connectivity index (χ2n) is 16.5. The van der Waals surface area contributed by atoms with E-state index in [2.05, 4.69) is 266 Å². The Morgan fingerprint density at radius 2 is 0.523 bits per heavy atom. The summed E-state index contributed by atoms with van der Waals surface area (Å²) in [6.45, 7) is 8.56. The Labute approximate surface area is 385 Å². The molecule has 316 valence electrons. The lowest BCUT2D eigenvalue weighted by molar-refractivity contribution is 1.24. The van der Waals surface area contributed by atoms with Crippen molar-refractivity contribution in [3.05, 3.63) is 241 Å². The van der Waals surface area contributed by atoms with Crippen LogP contribution in [0.3, 0.4) is 0 Å².